The number of ether oxygens (including phenoxy) is 2. The Morgan fingerprint density at radius 3 is 2.19 bits per heavy atom. The van der Waals surface area contributed by atoms with Gasteiger partial charge < -0.3 is 14.0 Å². The minimum absolute atomic E-state index is 0.191. The number of rotatable bonds is 3. The summed E-state index contributed by atoms with van der Waals surface area (Å²) in [5, 5.41) is 0.567. The zero-order valence-corrected chi connectivity index (χ0v) is 14.6. The number of hydrogen-bond acceptors (Lipinski definition) is 5. The lowest BCUT2D eigenvalue weighted by Gasteiger charge is -2.16. The van der Waals surface area contributed by atoms with Gasteiger partial charge in [0.2, 0.25) is 0 Å². The molecule has 0 spiro atoms. The standard InChI is InChI=1S/C20H17NO5/c1-12(22)25-15-9-10-16-17(11-15)21(3)20(24)18(19(16)26-13(2)23)14-7-5-4-6-8-14/h4-11H,1-3H3. The molecule has 6 heteroatoms. The van der Waals surface area contributed by atoms with Crippen LogP contribution in [0.25, 0.3) is 22.0 Å². The minimum atomic E-state index is -0.527. The molecule has 0 aliphatic rings. The summed E-state index contributed by atoms with van der Waals surface area (Å²) in [5.74, 6) is -0.492. The van der Waals surface area contributed by atoms with Gasteiger partial charge in [-0.1, -0.05) is 30.3 Å². The van der Waals surface area contributed by atoms with Crippen molar-refractivity contribution in [1.29, 1.82) is 0 Å². The van der Waals surface area contributed by atoms with Gasteiger partial charge in [0, 0.05) is 32.3 Å². The van der Waals surface area contributed by atoms with Gasteiger partial charge in [-0.25, -0.2) is 0 Å². The highest BCUT2D eigenvalue weighted by atomic mass is 16.5. The number of esters is 2. The smallest absolute Gasteiger partial charge is 0.308 e. The first kappa shape index (κ1) is 17.4. The molecule has 1 aromatic heterocycles. The molecule has 6 nitrogen and oxygen atoms in total. The van der Waals surface area contributed by atoms with Crippen LogP contribution in [-0.4, -0.2) is 16.5 Å². The largest absolute Gasteiger partial charge is 0.427 e. The predicted molar refractivity (Wildman–Crippen MR) is 97.2 cm³/mol. The van der Waals surface area contributed by atoms with Gasteiger partial charge in [0.1, 0.15) is 5.75 Å². The Balaban J connectivity index is 2.37. The molecule has 0 saturated carbocycles. The summed E-state index contributed by atoms with van der Waals surface area (Å²) >= 11 is 0. The van der Waals surface area contributed by atoms with Crippen LogP contribution >= 0.6 is 0 Å². The summed E-state index contributed by atoms with van der Waals surface area (Å²) < 4.78 is 11.9. The highest BCUT2D eigenvalue weighted by Gasteiger charge is 2.20. The number of pyridine rings is 1. The van der Waals surface area contributed by atoms with Gasteiger partial charge in [-0.2, -0.15) is 0 Å². The van der Waals surface area contributed by atoms with Crippen molar-refractivity contribution in [1.82, 2.24) is 4.57 Å². The Labute approximate surface area is 149 Å². The Morgan fingerprint density at radius 1 is 0.923 bits per heavy atom. The third-order valence-electron chi connectivity index (χ3n) is 3.89. The molecule has 0 atom stereocenters. The average Bonchev–Trinajstić information content (AvgIpc) is 2.59. The fourth-order valence-electron chi connectivity index (χ4n) is 2.83. The summed E-state index contributed by atoms with van der Waals surface area (Å²) in [7, 11) is 1.62. The van der Waals surface area contributed by atoms with Crippen molar-refractivity contribution in [3.05, 3.63) is 58.9 Å². The first-order chi connectivity index (χ1) is 12.4. The van der Waals surface area contributed by atoms with E-state index in [9.17, 15) is 14.4 Å². The van der Waals surface area contributed by atoms with E-state index in [1.165, 1.54) is 18.4 Å². The minimum Gasteiger partial charge on any atom is -0.427 e. The van der Waals surface area contributed by atoms with E-state index in [4.69, 9.17) is 9.47 Å². The molecule has 3 rings (SSSR count). The molecule has 0 N–H and O–H groups in total. The molecule has 0 saturated heterocycles. The van der Waals surface area contributed by atoms with E-state index in [1.54, 1.807) is 49.5 Å². The second kappa shape index (κ2) is 6.84. The molecule has 1 heterocycles. The van der Waals surface area contributed by atoms with Crippen LogP contribution in [0.2, 0.25) is 0 Å². The van der Waals surface area contributed by atoms with Gasteiger partial charge in [0.15, 0.2) is 5.75 Å². The van der Waals surface area contributed by atoms with Gasteiger partial charge in [0.25, 0.3) is 5.56 Å². The van der Waals surface area contributed by atoms with E-state index >= 15 is 0 Å². The van der Waals surface area contributed by atoms with Crippen molar-refractivity contribution >= 4 is 22.8 Å². The maximum Gasteiger partial charge on any atom is 0.308 e. The third kappa shape index (κ3) is 3.21. The van der Waals surface area contributed by atoms with Crippen LogP contribution in [-0.2, 0) is 16.6 Å². The van der Waals surface area contributed by atoms with E-state index in [1.807, 2.05) is 6.07 Å². The molecule has 0 bridgehead atoms. The van der Waals surface area contributed by atoms with Gasteiger partial charge >= 0.3 is 11.9 Å². The van der Waals surface area contributed by atoms with Gasteiger partial charge in [-0.05, 0) is 17.7 Å². The molecule has 0 amide bonds. The van der Waals surface area contributed by atoms with Gasteiger partial charge in [-0.15, -0.1) is 0 Å². The topological polar surface area (TPSA) is 74.6 Å². The zero-order valence-electron chi connectivity index (χ0n) is 14.6. The number of aryl methyl sites for hydroxylation is 1. The number of nitrogens with zero attached hydrogens (tertiary/aromatic N) is 1. The Morgan fingerprint density at radius 2 is 1.58 bits per heavy atom. The van der Waals surface area contributed by atoms with E-state index < -0.39 is 11.9 Å². The Kier molecular flexibility index (Phi) is 4.58. The second-order valence-electron chi connectivity index (χ2n) is 5.80. The molecule has 0 radical (unpaired) electrons. The zero-order chi connectivity index (χ0) is 18.8. The number of aromatic nitrogens is 1. The predicted octanol–water partition coefficient (Wildman–Crippen LogP) is 3.06. The van der Waals surface area contributed by atoms with Gasteiger partial charge in [0.05, 0.1) is 11.1 Å². The molecule has 26 heavy (non-hydrogen) atoms. The van der Waals surface area contributed by atoms with E-state index in [0.29, 0.717) is 27.8 Å². The molecule has 3 aromatic rings. The number of benzene rings is 2. The molecule has 0 fully saturated rings. The van der Waals surface area contributed by atoms with Crippen molar-refractivity contribution in [2.24, 2.45) is 7.05 Å². The lowest BCUT2D eigenvalue weighted by atomic mass is 10.0. The lowest BCUT2D eigenvalue weighted by Crippen LogP contribution is -2.21. The number of hydrogen-bond donors (Lipinski definition) is 0. The molecule has 2 aromatic carbocycles. The Hall–Kier alpha value is -3.41. The summed E-state index contributed by atoms with van der Waals surface area (Å²) in [6.07, 6.45) is 0. The molecular weight excluding hydrogens is 334 g/mol. The van der Waals surface area contributed by atoms with Crippen molar-refractivity contribution in [3.63, 3.8) is 0 Å². The van der Waals surface area contributed by atoms with Crippen LogP contribution < -0.4 is 15.0 Å². The molecule has 0 unspecified atom stereocenters. The maximum absolute atomic E-state index is 13.0. The highest BCUT2D eigenvalue weighted by Crippen LogP contribution is 2.35. The molecule has 0 aliphatic heterocycles. The van der Waals surface area contributed by atoms with Crippen molar-refractivity contribution in [2.45, 2.75) is 13.8 Å². The fourth-order valence-corrected chi connectivity index (χ4v) is 2.83. The molecular formula is C20H17NO5. The van der Waals surface area contributed by atoms with Crippen molar-refractivity contribution in [3.8, 4) is 22.6 Å². The van der Waals surface area contributed by atoms with Crippen molar-refractivity contribution in [2.75, 3.05) is 0 Å². The highest BCUT2D eigenvalue weighted by molar-refractivity contribution is 5.95. The van der Waals surface area contributed by atoms with Crippen LogP contribution in [0.4, 0.5) is 0 Å². The maximum atomic E-state index is 13.0. The fraction of sp³-hybridized carbons (Fsp3) is 0.150. The van der Waals surface area contributed by atoms with E-state index in [-0.39, 0.29) is 11.3 Å². The van der Waals surface area contributed by atoms with Crippen LogP contribution in [0.15, 0.2) is 53.3 Å². The molecule has 132 valence electrons. The summed E-state index contributed by atoms with van der Waals surface area (Å²) in [4.78, 5) is 35.8. The Bertz CT molecular complexity index is 1070. The van der Waals surface area contributed by atoms with Crippen LogP contribution in [0.3, 0.4) is 0 Å². The van der Waals surface area contributed by atoms with Gasteiger partial charge in [-0.3, -0.25) is 14.4 Å². The molecule has 0 aliphatic carbocycles. The monoisotopic (exact) mass is 351 g/mol. The summed E-state index contributed by atoms with van der Waals surface area (Å²) in [6.45, 7) is 2.58. The third-order valence-corrected chi connectivity index (χ3v) is 3.89. The number of carbonyl (C=O) groups excluding carboxylic acids is 2. The lowest BCUT2D eigenvalue weighted by molar-refractivity contribution is -0.132. The second-order valence-corrected chi connectivity index (χ2v) is 5.80. The first-order valence-corrected chi connectivity index (χ1v) is 7.97. The number of carbonyl (C=O) groups is 2. The van der Waals surface area contributed by atoms with Crippen LogP contribution in [0.5, 0.6) is 11.5 Å². The van der Waals surface area contributed by atoms with Crippen LogP contribution in [0, 0.1) is 0 Å². The SMILES string of the molecule is CC(=O)Oc1ccc2c(OC(C)=O)c(-c3ccccc3)c(=O)n(C)c2c1. The number of fused-ring (bicyclic) bond motifs is 1. The summed E-state index contributed by atoms with van der Waals surface area (Å²) in [6, 6.07) is 13.8. The van der Waals surface area contributed by atoms with Crippen molar-refractivity contribution < 1.29 is 19.1 Å². The van der Waals surface area contributed by atoms with E-state index in [0.717, 1.165) is 0 Å². The normalized spacial score (nSPS) is 10.6. The quantitative estimate of drug-likeness (QED) is 0.535. The average molecular weight is 351 g/mol. The van der Waals surface area contributed by atoms with Crippen LogP contribution in [0.1, 0.15) is 13.8 Å². The van der Waals surface area contributed by atoms with E-state index in [2.05, 4.69) is 0 Å². The first-order valence-electron chi connectivity index (χ1n) is 7.97. The summed E-state index contributed by atoms with van der Waals surface area (Å²) in [5.41, 5.74) is 1.12.